The minimum atomic E-state index is -0.141. The van der Waals surface area contributed by atoms with Gasteiger partial charge < -0.3 is 10.1 Å². The van der Waals surface area contributed by atoms with Crippen molar-refractivity contribution in [2.45, 2.75) is 24.8 Å². The van der Waals surface area contributed by atoms with Crippen LogP contribution in [0.2, 0.25) is 0 Å². The standard InChI is InChI=1S/C13H19NO2S/c1-3-16-13(15)8-9-14-10-11-4-6-12(17-2)7-5-11/h4-7,14H,3,8-10H2,1-2H3. The molecule has 1 rings (SSSR count). The highest BCUT2D eigenvalue weighted by molar-refractivity contribution is 7.98. The van der Waals surface area contributed by atoms with Gasteiger partial charge in [0.1, 0.15) is 0 Å². The molecule has 4 heteroatoms. The summed E-state index contributed by atoms with van der Waals surface area (Å²) < 4.78 is 4.84. The molecule has 1 aromatic rings. The van der Waals surface area contributed by atoms with Gasteiger partial charge in [-0.3, -0.25) is 4.79 Å². The van der Waals surface area contributed by atoms with Gasteiger partial charge in [0.15, 0.2) is 0 Å². The second kappa shape index (κ2) is 8.14. The lowest BCUT2D eigenvalue weighted by atomic mass is 10.2. The summed E-state index contributed by atoms with van der Waals surface area (Å²) in [5.41, 5.74) is 1.23. The molecule has 3 nitrogen and oxygen atoms in total. The molecule has 0 bridgehead atoms. The van der Waals surface area contributed by atoms with Crippen LogP contribution in [0, 0.1) is 0 Å². The lowest BCUT2D eigenvalue weighted by Gasteiger charge is -2.05. The minimum absolute atomic E-state index is 0.141. The van der Waals surface area contributed by atoms with Gasteiger partial charge in [-0.25, -0.2) is 0 Å². The average molecular weight is 253 g/mol. The van der Waals surface area contributed by atoms with Gasteiger partial charge in [0.25, 0.3) is 0 Å². The van der Waals surface area contributed by atoms with Crippen molar-refractivity contribution in [3.8, 4) is 0 Å². The molecule has 94 valence electrons. The number of benzene rings is 1. The Morgan fingerprint density at radius 3 is 2.65 bits per heavy atom. The monoisotopic (exact) mass is 253 g/mol. The molecule has 0 aliphatic heterocycles. The molecule has 17 heavy (non-hydrogen) atoms. The summed E-state index contributed by atoms with van der Waals surface area (Å²) in [4.78, 5) is 12.3. The van der Waals surface area contributed by atoms with E-state index in [0.29, 0.717) is 19.6 Å². The Balaban J connectivity index is 2.19. The molecule has 0 aliphatic carbocycles. The predicted molar refractivity (Wildman–Crippen MR) is 71.2 cm³/mol. The first-order valence-corrected chi connectivity index (χ1v) is 6.98. The van der Waals surface area contributed by atoms with E-state index in [0.717, 1.165) is 6.54 Å². The van der Waals surface area contributed by atoms with Crippen LogP contribution < -0.4 is 5.32 Å². The molecule has 0 spiro atoms. The van der Waals surface area contributed by atoms with Crippen LogP contribution in [0.4, 0.5) is 0 Å². The summed E-state index contributed by atoms with van der Waals surface area (Å²) in [5, 5.41) is 3.22. The molecule has 0 aromatic heterocycles. The van der Waals surface area contributed by atoms with E-state index in [2.05, 4.69) is 35.8 Å². The van der Waals surface area contributed by atoms with E-state index in [9.17, 15) is 4.79 Å². The first-order chi connectivity index (χ1) is 8.26. The Morgan fingerprint density at radius 2 is 2.06 bits per heavy atom. The molecule has 1 aromatic carbocycles. The first-order valence-electron chi connectivity index (χ1n) is 5.75. The van der Waals surface area contributed by atoms with Crippen LogP contribution in [0.3, 0.4) is 0 Å². The SMILES string of the molecule is CCOC(=O)CCNCc1ccc(SC)cc1. The van der Waals surface area contributed by atoms with Crippen LogP contribution in [-0.2, 0) is 16.1 Å². The molecule has 1 N–H and O–H groups in total. The van der Waals surface area contributed by atoms with E-state index < -0.39 is 0 Å². The minimum Gasteiger partial charge on any atom is -0.466 e. The molecule has 0 aliphatic rings. The van der Waals surface area contributed by atoms with Crippen LogP contribution in [0.5, 0.6) is 0 Å². The second-order valence-corrected chi connectivity index (χ2v) is 4.46. The van der Waals surface area contributed by atoms with Crippen molar-refractivity contribution >= 4 is 17.7 Å². The zero-order valence-corrected chi connectivity index (χ0v) is 11.2. The normalized spacial score (nSPS) is 10.2. The third-order valence-corrected chi connectivity index (χ3v) is 3.04. The quantitative estimate of drug-likeness (QED) is 0.460. The van der Waals surface area contributed by atoms with E-state index in [1.54, 1.807) is 11.8 Å². The Kier molecular flexibility index (Phi) is 6.74. The van der Waals surface area contributed by atoms with E-state index in [1.807, 2.05) is 6.92 Å². The maximum Gasteiger partial charge on any atom is 0.307 e. The fourth-order valence-corrected chi connectivity index (χ4v) is 1.81. The third-order valence-electron chi connectivity index (χ3n) is 2.30. The summed E-state index contributed by atoms with van der Waals surface area (Å²) in [6, 6.07) is 8.41. The Labute approximate surface area is 107 Å². The van der Waals surface area contributed by atoms with Crippen molar-refractivity contribution in [2.75, 3.05) is 19.4 Å². The number of thioether (sulfide) groups is 1. The molecule has 0 saturated carbocycles. The molecule has 0 fully saturated rings. The smallest absolute Gasteiger partial charge is 0.307 e. The van der Waals surface area contributed by atoms with Crippen LogP contribution in [-0.4, -0.2) is 25.4 Å². The summed E-state index contributed by atoms with van der Waals surface area (Å²) in [6.07, 6.45) is 2.49. The largest absolute Gasteiger partial charge is 0.466 e. The predicted octanol–water partition coefficient (Wildman–Crippen LogP) is 2.45. The van der Waals surface area contributed by atoms with Crippen molar-refractivity contribution in [3.63, 3.8) is 0 Å². The Bertz CT molecular complexity index is 338. The van der Waals surface area contributed by atoms with Crippen LogP contribution in [0.25, 0.3) is 0 Å². The highest BCUT2D eigenvalue weighted by Crippen LogP contribution is 2.14. The highest BCUT2D eigenvalue weighted by atomic mass is 32.2. The number of rotatable bonds is 7. The number of carbonyl (C=O) groups excluding carboxylic acids is 1. The Hall–Kier alpha value is -1.00. The maximum absolute atomic E-state index is 11.1. The number of ether oxygens (including phenoxy) is 1. The van der Waals surface area contributed by atoms with Gasteiger partial charge in [-0.15, -0.1) is 11.8 Å². The Morgan fingerprint density at radius 1 is 1.35 bits per heavy atom. The lowest BCUT2D eigenvalue weighted by Crippen LogP contribution is -2.18. The zero-order valence-electron chi connectivity index (χ0n) is 10.4. The number of carbonyl (C=O) groups is 1. The molecule has 0 radical (unpaired) electrons. The van der Waals surface area contributed by atoms with Gasteiger partial charge >= 0.3 is 5.97 Å². The molecule has 0 heterocycles. The molecule has 0 unspecified atom stereocenters. The van der Waals surface area contributed by atoms with Crippen molar-refractivity contribution in [1.29, 1.82) is 0 Å². The zero-order chi connectivity index (χ0) is 12.5. The topological polar surface area (TPSA) is 38.3 Å². The summed E-state index contributed by atoms with van der Waals surface area (Å²) in [5.74, 6) is -0.141. The van der Waals surface area contributed by atoms with Crippen molar-refractivity contribution in [2.24, 2.45) is 0 Å². The van der Waals surface area contributed by atoms with E-state index in [4.69, 9.17) is 4.74 Å². The van der Waals surface area contributed by atoms with Crippen LogP contribution >= 0.6 is 11.8 Å². The van der Waals surface area contributed by atoms with E-state index in [-0.39, 0.29) is 5.97 Å². The van der Waals surface area contributed by atoms with Gasteiger partial charge in [0.2, 0.25) is 0 Å². The summed E-state index contributed by atoms with van der Waals surface area (Å²) >= 11 is 1.73. The maximum atomic E-state index is 11.1. The first kappa shape index (κ1) is 14.1. The molecule has 0 atom stereocenters. The fraction of sp³-hybridized carbons (Fsp3) is 0.462. The van der Waals surface area contributed by atoms with Gasteiger partial charge in [-0.05, 0) is 30.9 Å². The van der Waals surface area contributed by atoms with Crippen LogP contribution in [0.1, 0.15) is 18.9 Å². The molecular weight excluding hydrogens is 234 g/mol. The fourth-order valence-electron chi connectivity index (χ4n) is 1.40. The molecule has 0 amide bonds. The van der Waals surface area contributed by atoms with Crippen molar-refractivity contribution < 1.29 is 9.53 Å². The van der Waals surface area contributed by atoms with E-state index >= 15 is 0 Å². The number of hydrogen-bond acceptors (Lipinski definition) is 4. The van der Waals surface area contributed by atoms with Crippen molar-refractivity contribution in [3.05, 3.63) is 29.8 Å². The number of nitrogens with one attached hydrogen (secondary N) is 1. The lowest BCUT2D eigenvalue weighted by molar-refractivity contribution is -0.142. The van der Waals surface area contributed by atoms with Crippen molar-refractivity contribution in [1.82, 2.24) is 5.32 Å². The van der Waals surface area contributed by atoms with Gasteiger partial charge in [-0.2, -0.15) is 0 Å². The number of esters is 1. The molecule has 0 saturated heterocycles. The summed E-state index contributed by atoms with van der Waals surface area (Å²) in [6.45, 7) is 3.71. The second-order valence-electron chi connectivity index (χ2n) is 3.58. The number of hydrogen-bond donors (Lipinski definition) is 1. The summed E-state index contributed by atoms with van der Waals surface area (Å²) in [7, 11) is 0. The molecular formula is C13H19NO2S. The van der Waals surface area contributed by atoms with Gasteiger partial charge in [0.05, 0.1) is 13.0 Å². The van der Waals surface area contributed by atoms with E-state index in [1.165, 1.54) is 10.5 Å². The highest BCUT2D eigenvalue weighted by Gasteiger charge is 2.00. The van der Waals surface area contributed by atoms with Gasteiger partial charge in [0, 0.05) is 18.0 Å². The average Bonchev–Trinajstić information content (AvgIpc) is 2.36. The third kappa shape index (κ3) is 5.75. The van der Waals surface area contributed by atoms with Crippen LogP contribution in [0.15, 0.2) is 29.2 Å². The van der Waals surface area contributed by atoms with Gasteiger partial charge in [-0.1, -0.05) is 12.1 Å².